The minimum atomic E-state index is -0.0343. The van der Waals surface area contributed by atoms with Gasteiger partial charge in [0.15, 0.2) is 0 Å². The lowest BCUT2D eigenvalue weighted by molar-refractivity contribution is 0.148. The predicted molar refractivity (Wildman–Crippen MR) is 113 cm³/mol. The van der Waals surface area contributed by atoms with Crippen LogP contribution >= 0.6 is 0 Å². The average Bonchev–Trinajstić information content (AvgIpc) is 2.72. The van der Waals surface area contributed by atoms with E-state index in [4.69, 9.17) is 0 Å². The third kappa shape index (κ3) is 4.22. The SMILES string of the molecule is Cc1cc(NCC2CCCCN2CCn2ncccc2=O)c2ccccc2n1. The predicted octanol–water partition coefficient (Wildman–Crippen LogP) is 3.07. The zero-order valence-electron chi connectivity index (χ0n) is 16.3. The number of aromatic nitrogens is 3. The molecule has 1 aromatic carbocycles. The maximum Gasteiger partial charge on any atom is 0.266 e. The van der Waals surface area contributed by atoms with E-state index in [1.807, 2.05) is 13.0 Å². The van der Waals surface area contributed by atoms with E-state index in [0.29, 0.717) is 12.6 Å². The van der Waals surface area contributed by atoms with Gasteiger partial charge in [-0.15, -0.1) is 0 Å². The van der Waals surface area contributed by atoms with Crippen molar-refractivity contribution in [2.45, 2.75) is 38.8 Å². The fourth-order valence-corrected chi connectivity index (χ4v) is 4.05. The maximum absolute atomic E-state index is 11.9. The lowest BCUT2D eigenvalue weighted by Crippen LogP contribution is -2.45. The quantitative estimate of drug-likeness (QED) is 0.715. The molecule has 1 unspecified atom stereocenters. The number of pyridine rings is 1. The van der Waals surface area contributed by atoms with E-state index in [-0.39, 0.29) is 5.56 Å². The topological polar surface area (TPSA) is 63.1 Å². The first-order valence-corrected chi connectivity index (χ1v) is 10.1. The van der Waals surface area contributed by atoms with Gasteiger partial charge in [-0.3, -0.25) is 14.7 Å². The monoisotopic (exact) mass is 377 g/mol. The van der Waals surface area contributed by atoms with E-state index < -0.39 is 0 Å². The summed E-state index contributed by atoms with van der Waals surface area (Å²) in [5.74, 6) is 0. The molecule has 0 radical (unpaired) electrons. The van der Waals surface area contributed by atoms with Crippen LogP contribution in [0.4, 0.5) is 5.69 Å². The zero-order valence-corrected chi connectivity index (χ0v) is 16.3. The van der Waals surface area contributed by atoms with Crippen LogP contribution in [-0.4, -0.2) is 45.3 Å². The number of nitrogens with zero attached hydrogens (tertiary/aromatic N) is 4. The molecular weight excluding hydrogens is 350 g/mol. The van der Waals surface area contributed by atoms with Crippen LogP contribution in [0, 0.1) is 6.92 Å². The number of rotatable bonds is 6. The Balaban J connectivity index is 1.44. The number of fused-ring (bicyclic) bond motifs is 1. The number of benzene rings is 1. The van der Waals surface area contributed by atoms with Gasteiger partial charge in [0.1, 0.15) is 0 Å². The molecule has 3 heterocycles. The number of likely N-dealkylation sites (tertiary alicyclic amines) is 1. The van der Waals surface area contributed by atoms with Crippen LogP contribution in [-0.2, 0) is 6.54 Å². The van der Waals surface area contributed by atoms with Crippen molar-refractivity contribution in [3.05, 3.63) is 64.7 Å². The zero-order chi connectivity index (χ0) is 19.3. The average molecular weight is 377 g/mol. The second-order valence-corrected chi connectivity index (χ2v) is 7.48. The van der Waals surface area contributed by atoms with E-state index >= 15 is 0 Å². The highest BCUT2D eigenvalue weighted by molar-refractivity contribution is 5.91. The maximum atomic E-state index is 11.9. The Morgan fingerprint density at radius 3 is 2.93 bits per heavy atom. The van der Waals surface area contributed by atoms with Crippen molar-refractivity contribution >= 4 is 16.6 Å². The Bertz CT molecular complexity index is 999. The molecule has 28 heavy (non-hydrogen) atoms. The van der Waals surface area contributed by atoms with Gasteiger partial charge < -0.3 is 5.32 Å². The molecule has 1 N–H and O–H groups in total. The van der Waals surface area contributed by atoms with E-state index in [1.165, 1.54) is 19.3 Å². The molecule has 0 spiro atoms. The highest BCUT2D eigenvalue weighted by Gasteiger charge is 2.22. The summed E-state index contributed by atoms with van der Waals surface area (Å²) in [6.45, 7) is 5.48. The van der Waals surface area contributed by atoms with Crippen molar-refractivity contribution in [2.24, 2.45) is 0 Å². The number of aryl methyl sites for hydroxylation is 1. The van der Waals surface area contributed by atoms with E-state index in [2.05, 4.69) is 44.6 Å². The van der Waals surface area contributed by atoms with E-state index in [9.17, 15) is 4.79 Å². The Hall–Kier alpha value is -2.73. The molecule has 0 saturated carbocycles. The summed E-state index contributed by atoms with van der Waals surface area (Å²) in [6.07, 6.45) is 5.31. The number of piperidine rings is 1. The molecule has 0 aliphatic carbocycles. The first-order valence-electron chi connectivity index (χ1n) is 10.1. The van der Waals surface area contributed by atoms with Crippen LogP contribution in [0.1, 0.15) is 25.0 Å². The summed E-state index contributed by atoms with van der Waals surface area (Å²) in [5, 5.41) is 9.01. The second kappa shape index (κ2) is 8.52. The molecule has 146 valence electrons. The molecule has 1 aliphatic rings. The lowest BCUT2D eigenvalue weighted by atomic mass is 10.0. The van der Waals surface area contributed by atoms with Crippen molar-refractivity contribution in [3.63, 3.8) is 0 Å². The minimum absolute atomic E-state index is 0.0343. The van der Waals surface area contributed by atoms with Crippen molar-refractivity contribution in [1.82, 2.24) is 19.7 Å². The van der Waals surface area contributed by atoms with Gasteiger partial charge in [0, 0.05) is 48.2 Å². The number of nitrogens with one attached hydrogen (secondary N) is 1. The van der Waals surface area contributed by atoms with Gasteiger partial charge in [0.25, 0.3) is 5.56 Å². The van der Waals surface area contributed by atoms with Crippen LogP contribution in [0.2, 0.25) is 0 Å². The Labute approximate surface area is 165 Å². The highest BCUT2D eigenvalue weighted by atomic mass is 16.1. The van der Waals surface area contributed by atoms with Crippen LogP contribution in [0.25, 0.3) is 10.9 Å². The normalized spacial score (nSPS) is 17.7. The molecule has 0 amide bonds. The van der Waals surface area contributed by atoms with Crippen LogP contribution in [0.3, 0.4) is 0 Å². The highest BCUT2D eigenvalue weighted by Crippen LogP contribution is 2.24. The van der Waals surface area contributed by atoms with Crippen molar-refractivity contribution in [1.29, 1.82) is 0 Å². The first kappa shape index (κ1) is 18.6. The van der Waals surface area contributed by atoms with E-state index in [1.54, 1.807) is 23.0 Å². The van der Waals surface area contributed by atoms with Gasteiger partial charge in [-0.05, 0) is 44.5 Å². The first-order chi connectivity index (χ1) is 13.7. The Morgan fingerprint density at radius 2 is 2.04 bits per heavy atom. The molecule has 0 bridgehead atoms. The van der Waals surface area contributed by atoms with Crippen molar-refractivity contribution in [3.8, 4) is 0 Å². The summed E-state index contributed by atoms with van der Waals surface area (Å²) in [5.41, 5.74) is 3.17. The molecule has 2 aromatic heterocycles. The molecule has 1 atom stereocenters. The summed E-state index contributed by atoms with van der Waals surface area (Å²) in [4.78, 5) is 19.0. The van der Waals surface area contributed by atoms with Gasteiger partial charge in [-0.25, -0.2) is 4.68 Å². The summed E-state index contributed by atoms with van der Waals surface area (Å²) >= 11 is 0. The molecule has 1 aliphatic heterocycles. The Kier molecular flexibility index (Phi) is 5.67. The fraction of sp³-hybridized carbons (Fsp3) is 0.409. The van der Waals surface area contributed by atoms with Gasteiger partial charge in [0.05, 0.1) is 12.1 Å². The number of para-hydroxylation sites is 1. The van der Waals surface area contributed by atoms with Crippen LogP contribution in [0.5, 0.6) is 0 Å². The number of hydrogen-bond donors (Lipinski definition) is 1. The van der Waals surface area contributed by atoms with E-state index in [0.717, 1.165) is 41.9 Å². The van der Waals surface area contributed by atoms with Crippen molar-refractivity contribution < 1.29 is 0 Å². The third-order valence-corrected chi connectivity index (χ3v) is 5.51. The number of anilines is 1. The Morgan fingerprint density at radius 1 is 1.14 bits per heavy atom. The molecular formula is C22H27N5O. The summed E-state index contributed by atoms with van der Waals surface area (Å²) < 4.78 is 1.55. The number of hydrogen-bond acceptors (Lipinski definition) is 5. The van der Waals surface area contributed by atoms with Gasteiger partial charge in [0.2, 0.25) is 0 Å². The summed E-state index contributed by atoms with van der Waals surface area (Å²) in [7, 11) is 0. The smallest absolute Gasteiger partial charge is 0.266 e. The standard InChI is InChI=1S/C22H27N5O/c1-17-15-21(19-8-2-3-9-20(19)25-17)23-16-18-7-4-5-12-26(18)13-14-27-22(28)10-6-11-24-27/h2-3,6,8-11,15,18H,4-5,7,12-14,16H2,1H3,(H,23,25). The summed E-state index contributed by atoms with van der Waals surface area (Å²) in [6, 6.07) is 14.1. The molecule has 6 heteroatoms. The molecule has 1 fully saturated rings. The molecule has 1 saturated heterocycles. The second-order valence-electron chi connectivity index (χ2n) is 7.48. The lowest BCUT2D eigenvalue weighted by Gasteiger charge is -2.36. The van der Waals surface area contributed by atoms with Gasteiger partial charge in [-0.2, -0.15) is 5.10 Å². The van der Waals surface area contributed by atoms with Crippen molar-refractivity contribution in [2.75, 3.05) is 25.0 Å². The molecule has 3 aromatic rings. The van der Waals surface area contributed by atoms with Crippen LogP contribution < -0.4 is 10.9 Å². The fourth-order valence-electron chi connectivity index (χ4n) is 4.05. The van der Waals surface area contributed by atoms with Gasteiger partial charge in [-0.1, -0.05) is 24.6 Å². The third-order valence-electron chi connectivity index (χ3n) is 5.51. The minimum Gasteiger partial charge on any atom is -0.383 e. The molecule has 4 rings (SSSR count). The molecule has 6 nitrogen and oxygen atoms in total. The van der Waals surface area contributed by atoms with Crippen LogP contribution in [0.15, 0.2) is 53.5 Å². The van der Waals surface area contributed by atoms with Gasteiger partial charge >= 0.3 is 0 Å². The largest absolute Gasteiger partial charge is 0.383 e.